The van der Waals surface area contributed by atoms with Crippen molar-refractivity contribution >= 4 is 35.0 Å². The Morgan fingerprint density at radius 1 is 1.58 bits per heavy atom. The maximum Gasteiger partial charge on any atom is 0.335 e. The molecule has 0 unspecified atom stereocenters. The molecule has 0 saturated heterocycles. The van der Waals surface area contributed by atoms with E-state index in [9.17, 15) is 4.79 Å². The number of carbonyl (C=O) groups is 1. The van der Waals surface area contributed by atoms with Crippen LogP contribution < -0.4 is 5.73 Å². The molecule has 0 aliphatic rings. The average molecular weight is 299 g/mol. The first-order chi connectivity index (χ1) is 9.01. The number of aryl methyl sites for hydroxylation is 1. The summed E-state index contributed by atoms with van der Waals surface area (Å²) in [5.74, 6) is -0.310. The number of anilines is 1. The Kier molecular flexibility index (Phi) is 3.96. The Labute approximate surface area is 118 Å². The van der Waals surface area contributed by atoms with Gasteiger partial charge in [-0.05, 0) is 23.9 Å². The lowest BCUT2D eigenvalue weighted by molar-refractivity contribution is 0.0697. The minimum absolute atomic E-state index is 0.0519. The predicted octanol–water partition coefficient (Wildman–Crippen LogP) is 2.45. The second-order valence-electron chi connectivity index (χ2n) is 3.70. The van der Waals surface area contributed by atoms with Crippen LogP contribution in [0.25, 0.3) is 0 Å². The number of nitrogens with one attached hydrogen (secondary N) is 1. The van der Waals surface area contributed by atoms with E-state index in [-0.39, 0.29) is 16.3 Å². The molecule has 1 aromatic heterocycles. The van der Waals surface area contributed by atoms with Gasteiger partial charge in [-0.25, -0.2) is 9.78 Å². The van der Waals surface area contributed by atoms with Crippen LogP contribution in [0.4, 0.5) is 5.69 Å². The van der Waals surface area contributed by atoms with Gasteiger partial charge in [-0.3, -0.25) is 5.10 Å². The molecule has 2 rings (SSSR count). The summed E-state index contributed by atoms with van der Waals surface area (Å²) < 4.78 is 0. The zero-order valence-corrected chi connectivity index (χ0v) is 11.5. The number of nitrogen functional groups attached to an aromatic ring is 1. The summed E-state index contributed by atoms with van der Waals surface area (Å²) in [5, 5.41) is 16.5. The number of nitrogens with zero attached hydrogens (tertiary/aromatic N) is 2. The van der Waals surface area contributed by atoms with Gasteiger partial charge in [0, 0.05) is 12.1 Å². The second kappa shape index (κ2) is 5.50. The molecule has 0 fully saturated rings. The smallest absolute Gasteiger partial charge is 0.335 e. The van der Waals surface area contributed by atoms with Crippen molar-refractivity contribution in [3.05, 3.63) is 28.5 Å². The van der Waals surface area contributed by atoms with E-state index in [1.165, 1.54) is 23.9 Å². The van der Waals surface area contributed by atoms with E-state index in [0.717, 1.165) is 12.2 Å². The molecule has 19 heavy (non-hydrogen) atoms. The maximum absolute atomic E-state index is 10.9. The molecule has 1 heterocycles. The lowest BCUT2D eigenvalue weighted by Crippen LogP contribution is -1.99. The van der Waals surface area contributed by atoms with Crippen molar-refractivity contribution in [1.29, 1.82) is 0 Å². The molecular formula is C11H11ClN4O2S. The quantitative estimate of drug-likeness (QED) is 0.749. The summed E-state index contributed by atoms with van der Waals surface area (Å²) in [6.07, 6.45) is 0.745. The van der Waals surface area contributed by atoms with Crippen LogP contribution in [0.5, 0.6) is 0 Å². The fraction of sp³-hybridized carbons (Fsp3) is 0.182. The maximum atomic E-state index is 10.9. The standard InChI is InChI=1S/C11H11ClN4O2S/c1-2-8-14-11(16-15-8)19-9-6(12)3-5(10(17)18)4-7(9)13/h3-4H,2,13H2,1H3,(H,17,18)(H,14,15,16). The van der Waals surface area contributed by atoms with Crippen molar-refractivity contribution in [2.24, 2.45) is 0 Å². The Morgan fingerprint density at radius 2 is 2.32 bits per heavy atom. The average Bonchev–Trinajstić information content (AvgIpc) is 2.81. The van der Waals surface area contributed by atoms with Gasteiger partial charge in [-0.15, -0.1) is 5.10 Å². The highest BCUT2D eigenvalue weighted by Crippen LogP contribution is 2.37. The van der Waals surface area contributed by atoms with Crippen molar-refractivity contribution < 1.29 is 9.90 Å². The second-order valence-corrected chi connectivity index (χ2v) is 5.09. The first-order valence-corrected chi connectivity index (χ1v) is 6.62. The Balaban J connectivity index is 2.32. The molecule has 4 N–H and O–H groups in total. The molecular weight excluding hydrogens is 288 g/mol. The van der Waals surface area contributed by atoms with Crippen LogP contribution in [0, 0.1) is 0 Å². The van der Waals surface area contributed by atoms with E-state index in [2.05, 4.69) is 15.2 Å². The number of carboxylic acids is 1. The Hall–Kier alpha value is -1.73. The summed E-state index contributed by atoms with van der Waals surface area (Å²) in [6, 6.07) is 2.72. The molecule has 8 heteroatoms. The zero-order valence-electron chi connectivity index (χ0n) is 9.98. The normalized spacial score (nSPS) is 10.6. The minimum Gasteiger partial charge on any atom is -0.478 e. The molecule has 1 aromatic carbocycles. The lowest BCUT2D eigenvalue weighted by atomic mass is 10.2. The van der Waals surface area contributed by atoms with E-state index in [4.69, 9.17) is 22.4 Å². The van der Waals surface area contributed by atoms with Gasteiger partial charge in [0.1, 0.15) is 5.82 Å². The van der Waals surface area contributed by atoms with E-state index in [0.29, 0.717) is 10.1 Å². The third-order valence-electron chi connectivity index (χ3n) is 2.36. The van der Waals surface area contributed by atoms with Gasteiger partial charge < -0.3 is 10.8 Å². The topological polar surface area (TPSA) is 105 Å². The number of hydrogen-bond donors (Lipinski definition) is 3. The van der Waals surface area contributed by atoms with Crippen molar-refractivity contribution in [2.75, 3.05) is 5.73 Å². The number of aromatic amines is 1. The number of H-pyrrole nitrogens is 1. The molecule has 2 aromatic rings. The molecule has 0 aliphatic heterocycles. The van der Waals surface area contributed by atoms with Gasteiger partial charge in [0.15, 0.2) is 0 Å². The highest BCUT2D eigenvalue weighted by atomic mass is 35.5. The number of benzene rings is 1. The van der Waals surface area contributed by atoms with Gasteiger partial charge in [-0.1, -0.05) is 18.5 Å². The van der Waals surface area contributed by atoms with E-state index >= 15 is 0 Å². The van der Waals surface area contributed by atoms with E-state index < -0.39 is 5.97 Å². The molecule has 0 aliphatic carbocycles. The van der Waals surface area contributed by atoms with Crippen molar-refractivity contribution in [1.82, 2.24) is 15.2 Å². The number of rotatable bonds is 4. The van der Waals surface area contributed by atoms with Crippen LogP contribution in [0.3, 0.4) is 0 Å². The number of aromatic nitrogens is 3. The minimum atomic E-state index is -1.07. The van der Waals surface area contributed by atoms with Crippen LogP contribution in [-0.4, -0.2) is 26.3 Å². The number of halogens is 1. The van der Waals surface area contributed by atoms with Gasteiger partial charge in [-0.2, -0.15) is 0 Å². The fourth-order valence-electron chi connectivity index (χ4n) is 1.42. The highest BCUT2D eigenvalue weighted by Gasteiger charge is 2.14. The first-order valence-electron chi connectivity index (χ1n) is 5.42. The van der Waals surface area contributed by atoms with E-state index in [1.54, 1.807) is 0 Å². The summed E-state index contributed by atoms with van der Waals surface area (Å²) in [5.41, 5.74) is 6.15. The fourth-order valence-corrected chi connectivity index (χ4v) is 2.52. The number of nitrogens with two attached hydrogens (primary N) is 1. The molecule has 0 bridgehead atoms. The molecule has 0 radical (unpaired) electrons. The van der Waals surface area contributed by atoms with Crippen LogP contribution >= 0.6 is 23.4 Å². The summed E-state index contributed by atoms with van der Waals surface area (Å²) >= 11 is 7.23. The van der Waals surface area contributed by atoms with Crippen LogP contribution in [0.15, 0.2) is 22.2 Å². The van der Waals surface area contributed by atoms with Crippen molar-refractivity contribution in [3.8, 4) is 0 Å². The molecule has 100 valence electrons. The van der Waals surface area contributed by atoms with E-state index in [1.807, 2.05) is 6.92 Å². The van der Waals surface area contributed by atoms with Crippen LogP contribution in [0.1, 0.15) is 23.1 Å². The van der Waals surface area contributed by atoms with Gasteiger partial charge in [0.25, 0.3) is 0 Å². The third kappa shape index (κ3) is 2.99. The molecule has 0 saturated carbocycles. The van der Waals surface area contributed by atoms with Crippen molar-refractivity contribution in [3.63, 3.8) is 0 Å². The summed E-state index contributed by atoms with van der Waals surface area (Å²) in [4.78, 5) is 15.6. The zero-order chi connectivity index (χ0) is 14.0. The Morgan fingerprint density at radius 3 is 2.84 bits per heavy atom. The molecule has 6 nitrogen and oxygen atoms in total. The Bertz CT molecular complexity index is 606. The summed E-state index contributed by atoms with van der Waals surface area (Å²) in [6.45, 7) is 1.96. The van der Waals surface area contributed by atoms with Gasteiger partial charge in [0.05, 0.1) is 15.5 Å². The third-order valence-corrected chi connectivity index (χ3v) is 3.79. The number of carboxylic acid groups (broad SMARTS) is 1. The molecule has 0 amide bonds. The number of aromatic carboxylic acids is 1. The number of hydrogen-bond acceptors (Lipinski definition) is 5. The lowest BCUT2D eigenvalue weighted by Gasteiger charge is -2.06. The SMILES string of the molecule is CCc1nc(Sc2c(N)cc(C(=O)O)cc2Cl)n[nH]1. The van der Waals surface area contributed by atoms with Crippen molar-refractivity contribution in [2.45, 2.75) is 23.4 Å². The predicted molar refractivity (Wildman–Crippen MR) is 72.7 cm³/mol. The monoisotopic (exact) mass is 298 g/mol. The van der Waals surface area contributed by atoms with Gasteiger partial charge in [0.2, 0.25) is 5.16 Å². The summed E-state index contributed by atoms with van der Waals surface area (Å²) in [7, 11) is 0. The first kappa shape index (κ1) is 13.7. The molecule has 0 spiro atoms. The van der Waals surface area contributed by atoms with Gasteiger partial charge >= 0.3 is 5.97 Å². The van der Waals surface area contributed by atoms with Crippen LogP contribution in [-0.2, 0) is 6.42 Å². The highest BCUT2D eigenvalue weighted by molar-refractivity contribution is 7.99. The van der Waals surface area contributed by atoms with Crippen LogP contribution in [0.2, 0.25) is 5.02 Å². The molecule has 0 atom stereocenters. The largest absolute Gasteiger partial charge is 0.478 e.